The molecule has 0 bridgehead atoms. The van der Waals surface area contributed by atoms with Crippen molar-refractivity contribution in [3.8, 4) is 0 Å². The molecule has 4 heterocycles. The van der Waals surface area contributed by atoms with Crippen molar-refractivity contribution in [3.63, 3.8) is 0 Å². The maximum absolute atomic E-state index is 13.2. The Morgan fingerprint density at radius 2 is 1.90 bits per heavy atom. The molecule has 1 atom stereocenters. The second-order valence-corrected chi connectivity index (χ2v) is 11.7. The van der Waals surface area contributed by atoms with Crippen LogP contribution >= 0.6 is 23.2 Å². The summed E-state index contributed by atoms with van der Waals surface area (Å²) in [6.45, 7) is 6.24. The third kappa shape index (κ3) is 6.88. The molecule has 40 heavy (non-hydrogen) atoms. The predicted octanol–water partition coefficient (Wildman–Crippen LogP) is 6.11. The molecule has 1 amide bonds. The van der Waals surface area contributed by atoms with Gasteiger partial charge in [0.05, 0.1) is 15.6 Å². The number of nitrogens with one attached hydrogen (secondary N) is 3. The van der Waals surface area contributed by atoms with Gasteiger partial charge in [-0.25, -0.2) is 0 Å². The molecule has 0 radical (unpaired) electrons. The van der Waals surface area contributed by atoms with E-state index < -0.39 is 0 Å². The molecule has 0 saturated carbocycles. The molecule has 3 aromatic rings. The second kappa shape index (κ2) is 13.7. The molecule has 1 fully saturated rings. The van der Waals surface area contributed by atoms with Crippen molar-refractivity contribution < 1.29 is 4.79 Å². The summed E-state index contributed by atoms with van der Waals surface area (Å²) in [4.78, 5) is 19.4. The molecule has 3 N–H and O–H groups in total. The van der Waals surface area contributed by atoms with Crippen LogP contribution in [0.15, 0.2) is 48.9 Å². The van der Waals surface area contributed by atoms with Gasteiger partial charge in [-0.1, -0.05) is 48.3 Å². The summed E-state index contributed by atoms with van der Waals surface area (Å²) in [5, 5.41) is 17.0. The zero-order valence-electron chi connectivity index (χ0n) is 23.1. The van der Waals surface area contributed by atoms with Gasteiger partial charge in [-0.3, -0.25) is 14.9 Å². The lowest BCUT2D eigenvalue weighted by atomic mass is 9.93. The van der Waals surface area contributed by atoms with Crippen LogP contribution < -0.4 is 10.6 Å². The number of nitrogens with zero attached hydrogens (tertiary/aromatic N) is 3. The fraction of sp³-hybridized carbons (Fsp3) is 0.452. The van der Waals surface area contributed by atoms with E-state index in [1.165, 1.54) is 5.56 Å². The van der Waals surface area contributed by atoms with Crippen molar-refractivity contribution in [2.24, 2.45) is 5.92 Å². The number of benzene rings is 1. The molecule has 1 aromatic carbocycles. The minimum atomic E-state index is 0.133. The summed E-state index contributed by atoms with van der Waals surface area (Å²) in [5.74, 6) is 0.598. The topological polar surface area (TPSA) is 85.9 Å². The highest BCUT2D eigenvalue weighted by Crippen LogP contribution is 2.33. The fourth-order valence-corrected chi connectivity index (χ4v) is 6.50. The van der Waals surface area contributed by atoms with Crippen LogP contribution in [0.3, 0.4) is 0 Å². The molecule has 2 aromatic heterocycles. The highest BCUT2D eigenvalue weighted by Gasteiger charge is 2.25. The lowest BCUT2D eigenvalue weighted by Crippen LogP contribution is -2.43. The number of hydrogen-bond donors (Lipinski definition) is 3. The van der Waals surface area contributed by atoms with Crippen molar-refractivity contribution in [3.05, 3.63) is 75.8 Å². The Hall–Kier alpha value is -2.87. The Bertz CT molecular complexity index is 1360. The van der Waals surface area contributed by atoms with E-state index in [1.54, 1.807) is 12.4 Å². The quantitative estimate of drug-likeness (QED) is 0.339. The zero-order chi connectivity index (χ0) is 27.9. The smallest absolute Gasteiger partial charge is 0.225 e. The maximum atomic E-state index is 13.2. The van der Waals surface area contributed by atoms with Crippen LogP contribution in [0, 0.1) is 5.92 Å². The van der Waals surface area contributed by atoms with E-state index in [4.69, 9.17) is 28.3 Å². The molecule has 7 nitrogen and oxygen atoms in total. The fourth-order valence-electron chi connectivity index (χ4n) is 5.77. The van der Waals surface area contributed by atoms with Crippen molar-refractivity contribution in [1.29, 1.82) is 0 Å². The van der Waals surface area contributed by atoms with Crippen molar-refractivity contribution in [2.45, 2.75) is 51.4 Å². The summed E-state index contributed by atoms with van der Waals surface area (Å²) in [6, 6.07) is 6.42. The first kappa shape index (κ1) is 28.7. The molecule has 0 spiro atoms. The average molecular weight is 582 g/mol. The Kier molecular flexibility index (Phi) is 9.79. The average Bonchev–Trinajstić information content (AvgIpc) is 3.36. The molecule has 2 aliphatic rings. The monoisotopic (exact) mass is 580 g/mol. The third-order valence-corrected chi connectivity index (χ3v) is 8.56. The van der Waals surface area contributed by atoms with E-state index >= 15 is 0 Å². The zero-order valence-corrected chi connectivity index (χ0v) is 24.6. The minimum Gasteiger partial charge on any atom is -0.389 e. The number of halogens is 2. The van der Waals surface area contributed by atoms with E-state index in [-0.39, 0.29) is 11.8 Å². The number of piperidine rings is 1. The van der Waals surface area contributed by atoms with Gasteiger partial charge in [-0.2, -0.15) is 5.10 Å². The van der Waals surface area contributed by atoms with Gasteiger partial charge in [0.25, 0.3) is 0 Å². The number of H-pyrrole nitrogens is 1. The van der Waals surface area contributed by atoms with Gasteiger partial charge >= 0.3 is 0 Å². The van der Waals surface area contributed by atoms with E-state index in [0.29, 0.717) is 29.0 Å². The molecule has 2 aliphatic heterocycles. The standard InChI is InChI=1S/C31H38Cl2N6O/c1-21(29-26(32)19-36-20-27(29)33)16-22-7-8-28-25(17-22)30(38-37-28)24-6-4-2-3-5-14-39(15-13-35-18-24)31(40)23-9-11-34-12-10-23/h4,6-8,17-21,23,34-35H,2-3,5,9-16H2,1H3,(H,37,38)/b6-4-,24-18+/t21-/m0/s1. The number of pyridine rings is 1. The number of fused-ring (bicyclic) bond motifs is 1. The van der Waals surface area contributed by atoms with Gasteiger partial charge < -0.3 is 15.5 Å². The number of carbonyl (C=O) groups excluding carboxylic acids is 1. The molecular weight excluding hydrogens is 543 g/mol. The first-order valence-corrected chi connectivity index (χ1v) is 15.1. The van der Waals surface area contributed by atoms with Crippen molar-refractivity contribution >= 4 is 45.6 Å². The normalized spacial score (nSPS) is 20.6. The number of hydrogen-bond acceptors (Lipinski definition) is 5. The third-order valence-electron chi connectivity index (χ3n) is 7.96. The van der Waals surface area contributed by atoms with Crippen LogP contribution in [-0.2, 0) is 11.2 Å². The number of aromatic nitrogens is 3. The predicted molar refractivity (Wildman–Crippen MR) is 164 cm³/mol. The molecule has 212 valence electrons. The van der Waals surface area contributed by atoms with Gasteiger partial charge in [0, 0.05) is 55.1 Å². The largest absolute Gasteiger partial charge is 0.389 e. The van der Waals surface area contributed by atoms with E-state index in [1.807, 2.05) is 6.20 Å². The van der Waals surface area contributed by atoms with E-state index in [2.05, 4.69) is 62.9 Å². The van der Waals surface area contributed by atoms with Gasteiger partial charge in [-0.15, -0.1) is 0 Å². The summed E-state index contributed by atoms with van der Waals surface area (Å²) in [6.07, 6.45) is 15.4. The van der Waals surface area contributed by atoms with Crippen LogP contribution in [0.4, 0.5) is 0 Å². The number of aromatic amines is 1. The van der Waals surface area contributed by atoms with Crippen molar-refractivity contribution in [2.75, 3.05) is 32.7 Å². The lowest BCUT2D eigenvalue weighted by molar-refractivity contribution is -0.136. The Morgan fingerprint density at radius 1 is 1.10 bits per heavy atom. The molecule has 5 rings (SSSR count). The number of rotatable bonds is 5. The minimum absolute atomic E-state index is 0.133. The van der Waals surface area contributed by atoms with Crippen LogP contribution in [-0.4, -0.2) is 58.7 Å². The Labute approximate surface area is 246 Å². The molecule has 0 unspecified atom stereocenters. The van der Waals surface area contributed by atoms with E-state index in [0.717, 1.165) is 85.9 Å². The Balaban J connectivity index is 1.33. The maximum Gasteiger partial charge on any atom is 0.225 e. The number of amides is 1. The van der Waals surface area contributed by atoms with E-state index in [9.17, 15) is 4.79 Å². The van der Waals surface area contributed by atoms with Gasteiger partial charge in [-0.05, 0) is 80.8 Å². The highest BCUT2D eigenvalue weighted by atomic mass is 35.5. The van der Waals surface area contributed by atoms with Crippen LogP contribution in [0.25, 0.3) is 16.5 Å². The van der Waals surface area contributed by atoms with Crippen LogP contribution in [0.2, 0.25) is 10.0 Å². The van der Waals surface area contributed by atoms with Crippen LogP contribution in [0.1, 0.15) is 61.8 Å². The summed E-state index contributed by atoms with van der Waals surface area (Å²) in [7, 11) is 0. The van der Waals surface area contributed by atoms with Crippen molar-refractivity contribution in [1.82, 2.24) is 30.7 Å². The molecule has 9 heteroatoms. The second-order valence-electron chi connectivity index (χ2n) is 10.9. The first-order chi connectivity index (χ1) is 19.5. The molecule has 0 aliphatic carbocycles. The molecule has 1 saturated heterocycles. The van der Waals surface area contributed by atoms with Gasteiger partial charge in [0.15, 0.2) is 0 Å². The summed E-state index contributed by atoms with van der Waals surface area (Å²) >= 11 is 12.9. The molecular formula is C31H38Cl2N6O. The number of carbonyl (C=O) groups is 1. The SMILES string of the molecule is C[C@@H](Cc1ccc2[nH]nc(C3=C/NCCN(C(=O)C4CCNCC4)CCCC/C=C\3)c2c1)c1c(Cl)cncc1Cl. The lowest BCUT2D eigenvalue weighted by Gasteiger charge is -2.30. The first-order valence-electron chi connectivity index (χ1n) is 14.4. The number of allylic oxidation sites excluding steroid dienone is 3. The van der Waals surface area contributed by atoms with Gasteiger partial charge in [0.2, 0.25) is 5.91 Å². The Morgan fingerprint density at radius 3 is 2.70 bits per heavy atom. The highest BCUT2D eigenvalue weighted by molar-refractivity contribution is 6.35. The summed E-state index contributed by atoms with van der Waals surface area (Å²) in [5.41, 5.74) is 5.03. The summed E-state index contributed by atoms with van der Waals surface area (Å²) < 4.78 is 0. The van der Waals surface area contributed by atoms with Crippen LogP contribution in [0.5, 0.6) is 0 Å². The van der Waals surface area contributed by atoms with Gasteiger partial charge in [0.1, 0.15) is 5.69 Å².